The lowest BCUT2D eigenvalue weighted by molar-refractivity contribution is 0.454. The topological polar surface area (TPSA) is 83.3 Å². The molecule has 0 fully saturated rings. The maximum Gasteiger partial charge on any atom is 0.299 e. The molecule has 0 saturated heterocycles. The van der Waals surface area contributed by atoms with Crippen LogP contribution in [0, 0.1) is 0 Å². The molecule has 1 aromatic heterocycles. The van der Waals surface area contributed by atoms with Gasteiger partial charge >= 0.3 is 0 Å². The second kappa shape index (κ2) is 5.76. The van der Waals surface area contributed by atoms with Crippen LogP contribution >= 0.6 is 11.5 Å². The van der Waals surface area contributed by atoms with Gasteiger partial charge in [-0.15, -0.1) is 5.10 Å². The van der Waals surface area contributed by atoms with E-state index >= 15 is 0 Å². The highest BCUT2D eigenvalue weighted by Crippen LogP contribution is 1.78. The average Bonchev–Trinajstić information content (AvgIpc) is 2.11. The summed E-state index contributed by atoms with van der Waals surface area (Å²) in [5.74, 6) is 0. The Morgan fingerprint density at radius 1 is 1.56 bits per heavy atom. The number of rotatable bonds is 0. The van der Waals surface area contributed by atoms with E-state index in [-0.39, 0.29) is 0 Å². The van der Waals surface area contributed by atoms with Crippen molar-refractivity contribution in [3.05, 3.63) is 11.6 Å². The Kier molecular flexibility index (Phi) is 5.52. The van der Waals surface area contributed by atoms with E-state index in [4.69, 9.17) is 13.3 Å². The van der Waals surface area contributed by atoms with Crippen molar-refractivity contribution < 1.29 is 13.3 Å². The second-order valence-corrected chi connectivity index (χ2v) is 1.93. The van der Waals surface area contributed by atoms with Gasteiger partial charge < -0.3 is 0 Å². The van der Waals surface area contributed by atoms with Gasteiger partial charge in [-0.3, -0.25) is 9.11 Å². The molecule has 7 heteroatoms. The Bertz CT molecular complexity index is 132. The molecule has 0 unspecified atom stereocenters. The van der Waals surface area contributed by atoms with Crippen molar-refractivity contribution in [2.75, 3.05) is 0 Å². The summed E-state index contributed by atoms with van der Waals surface area (Å²) in [5.41, 5.74) is 0. The number of hydrogen-bond acceptors (Lipinski definition) is 4. The SMILES string of the molecule is O=S(O)O.c1csnn1. The van der Waals surface area contributed by atoms with Gasteiger partial charge in [0, 0.05) is 5.38 Å². The van der Waals surface area contributed by atoms with Crippen LogP contribution in [-0.2, 0) is 11.4 Å². The highest BCUT2D eigenvalue weighted by Gasteiger charge is 1.62. The minimum absolute atomic E-state index is 1.35. The molecule has 0 bridgehead atoms. The summed E-state index contributed by atoms with van der Waals surface area (Å²) < 4.78 is 26.3. The Labute approximate surface area is 58.0 Å². The van der Waals surface area contributed by atoms with E-state index in [1.807, 2.05) is 5.38 Å². The molecule has 0 saturated carbocycles. The van der Waals surface area contributed by atoms with Crippen LogP contribution in [0.1, 0.15) is 0 Å². The maximum atomic E-state index is 8.67. The average molecular weight is 168 g/mol. The molecule has 0 aliphatic rings. The zero-order valence-electron chi connectivity index (χ0n) is 4.17. The maximum absolute atomic E-state index is 8.67. The van der Waals surface area contributed by atoms with Crippen LogP contribution in [0.5, 0.6) is 0 Å². The molecule has 0 amide bonds. The Morgan fingerprint density at radius 2 is 2.11 bits per heavy atom. The summed E-state index contributed by atoms with van der Waals surface area (Å²) in [6.45, 7) is 0. The van der Waals surface area contributed by atoms with E-state index in [9.17, 15) is 0 Å². The van der Waals surface area contributed by atoms with Gasteiger partial charge in [0.25, 0.3) is 11.4 Å². The van der Waals surface area contributed by atoms with Crippen LogP contribution < -0.4 is 0 Å². The van der Waals surface area contributed by atoms with E-state index in [1.165, 1.54) is 11.5 Å². The van der Waals surface area contributed by atoms with Crippen LogP contribution in [0.4, 0.5) is 0 Å². The van der Waals surface area contributed by atoms with Crippen LogP contribution in [0.3, 0.4) is 0 Å². The fourth-order valence-electron chi connectivity index (χ4n) is 0.136. The van der Waals surface area contributed by atoms with Crippen LogP contribution in [-0.4, -0.2) is 22.9 Å². The molecule has 0 atom stereocenters. The fourth-order valence-corrected chi connectivity index (χ4v) is 0.408. The third-order valence-electron chi connectivity index (χ3n) is 0.283. The smallest absolute Gasteiger partial charge is 0.284 e. The lowest BCUT2D eigenvalue weighted by Gasteiger charge is -1.59. The first-order valence-corrected chi connectivity index (χ1v) is 3.64. The zero-order valence-corrected chi connectivity index (χ0v) is 5.80. The fraction of sp³-hybridized carbons (Fsp3) is 0. The van der Waals surface area contributed by atoms with Gasteiger partial charge in [-0.2, -0.15) is 4.21 Å². The third-order valence-corrected chi connectivity index (χ3v) is 0.715. The minimum atomic E-state index is -2.61. The summed E-state index contributed by atoms with van der Waals surface area (Å²) in [6.07, 6.45) is 1.66. The quantitative estimate of drug-likeness (QED) is 0.541. The van der Waals surface area contributed by atoms with E-state index < -0.39 is 11.4 Å². The van der Waals surface area contributed by atoms with Gasteiger partial charge in [-0.05, 0) is 11.5 Å². The third kappa shape index (κ3) is 11.3. The van der Waals surface area contributed by atoms with Crippen molar-refractivity contribution in [3.8, 4) is 0 Å². The van der Waals surface area contributed by atoms with E-state index in [0.717, 1.165) is 0 Å². The van der Waals surface area contributed by atoms with Crippen molar-refractivity contribution in [2.45, 2.75) is 0 Å². The molecule has 2 N–H and O–H groups in total. The van der Waals surface area contributed by atoms with Gasteiger partial charge in [-0.25, -0.2) is 0 Å². The van der Waals surface area contributed by atoms with Gasteiger partial charge in [0.15, 0.2) is 0 Å². The molecule has 0 radical (unpaired) electrons. The summed E-state index contributed by atoms with van der Waals surface area (Å²) >= 11 is -1.26. The molecule has 1 aromatic rings. The first-order chi connectivity index (χ1) is 4.23. The highest BCUT2D eigenvalue weighted by molar-refractivity contribution is 7.73. The van der Waals surface area contributed by atoms with Crippen molar-refractivity contribution >= 4 is 22.9 Å². The van der Waals surface area contributed by atoms with E-state index in [1.54, 1.807) is 6.20 Å². The number of hydrogen-bond donors (Lipinski definition) is 2. The largest absolute Gasteiger partial charge is 0.299 e. The molecule has 52 valence electrons. The lowest BCUT2D eigenvalue weighted by atomic mass is 11.1. The first-order valence-electron chi connectivity index (χ1n) is 1.74. The summed E-state index contributed by atoms with van der Waals surface area (Å²) in [6, 6.07) is 0. The van der Waals surface area contributed by atoms with Gasteiger partial charge in [0.2, 0.25) is 0 Å². The molecular formula is C2H4N2O3S2. The van der Waals surface area contributed by atoms with E-state index in [2.05, 4.69) is 9.59 Å². The zero-order chi connectivity index (χ0) is 7.11. The number of nitrogens with zero attached hydrogens (tertiary/aromatic N) is 2. The molecule has 9 heavy (non-hydrogen) atoms. The van der Waals surface area contributed by atoms with Gasteiger partial charge in [0.05, 0.1) is 6.20 Å². The monoisotopic (exact) mass is 168 g/mol. The van der Waals surface area contributed by atoms with Gasteiger partial charge in [-0.1, -0.05) is 4.49 Å². The summed E-state index contributed by atoms with van der Waals surface area (Å²) in [7, 11) is 0. The molecule has 1 heterocycles. The van der Waals surface area contributed by atoms with Crippen molar-refractivity contribution in [3.63, 3.8) is 0 Å². The predicted octanol–water partition coefficient (Wildman–Crippen LogP) is 0.219. The highest BCUT2D eigenvalue weighted by atomic mass is 32.2. The molecular weight excluding hydrogens is 164 g/mol. The lowest BCUT2D eigenvalue weighted by Crippen LogP contribution is -1.74. The molecule has 0 spiro atoms. The van der Waals surface area contributed by atoms with Crippen molar-refractivity contribution in [2.24, 2.45) is 0 Å². The van der Waals surface area contributed by atoms with Crippen LogP contribution in [0.25, 0.3) is 0 Å². The molecule has 0 aliphatic heterocycles. The molecule has 5 nitrogen and oxygen atoms in total. The number of aromatic nitrogens is 2. The Hall–Kier alpha value is -0.370. The summed E-state index contributed by atoms with van der Waals surface area (Å²) in [5, 5.41) is 5.31. The molecule has 1 rings (SSSR count). The van der Waals surface area contributed by atoms with Crippen LogP contribution in [0.15, 0.2) is 11.6 Å². The Morgan fingerprint density at radius 3 is 2.22 bits per heavy atom. The van der Waals surface area contributed by atoms with Crippen molar-refractivity contribution in [1.29, 1.82) is 0 Å². The standard InChI is InChI=1S/C2H2N2S.H2O3S/c1-2-5-4-3-1;1-4(2)3/h1-2H;(H2,1,2,3). The predicted molar refractivity (Wildman–Crippen MR) is 33.3 cm³/mol. The van der Waals surface area contributed by atoms with Gasteiger partial charge in [0.1, 0.15) is 0 Å². The van der Waals surface area contributed by atoms with Crippen molar-refractivity contribution in [1.82, 2.24) is 9.59 Å². The Balaban J connectivity index is 0.000000148. The van der Waals surface area contributed by atoms with E-state index in [0.29, 0.717) is 0 Å². The molecule has 0 aromatic carbocycles. The second-order valence-electron chi connectivity index (χ2n) is 0.818. The molecule has 0 aliphatic carbocycles. The normalized spacial score (nSPS) is 8.33. The first kappa shape index (κ1) is 8.63. The van der Waals surface area contributed by atoms with Crippen LogP contribution in [0.2, 0.25) is 0 Å². The minimum Gasteiger partial charge on any atom is -0.284 e. The summed E-state index contributed by atoms with van der Waals surface area (Å²) in [4.78, 5) is 0.